The van der Waals surface area contributed by atoms with Crippen molar-refractivity contribution in [3.8, 4) is 5.40 Å². The van der Waals surface area contributed by atoms with Crippen LogP contribution in [0.1, 0.15) is 23.1 Å². The average molecular weight is 405 g/mol. The Morgan fingerprint density at radius 2 is 2.11 bits per heavy atom. The summed E-state index contributed by atoms with van der Waals surface area (Å²) < 4.78 is 33.9. The van der Waals surface area contributed by atoms with Crippen molar-refractivity contribution in [1.82, 2.24) is 15.2 Å². The van der Waals surface area contributed by atoms with E-state index in [0.717, 1.165) is 17.8 Å². The largest absolute Gasteiger partial charge is 0.355 e. The number of aromatic amines is 1. The highest BCUT2D eigenvalue weighted by Crippen LogP contribution is 2.60. The number of hydrogen-bond donors (Lipinski definition) is 1. The number of rotatable bonds is 5. The van der Waals surface area contributed by atoms with Gasteiger partial charge in [0.15, 0.2) is 11.0 Å². The summed E-state index contributed by atoms with van der Waals surface area (Å²) in [6, 6.07) is 10.5. The molecule has 1 aliphatic heterocycles. The summed E-state index contributed by atoms with van der Waals surface area (Å²) in [5, 5.41) is 18.2. The number of nitrogens with zero attached hydrogens (tertiary/aromatic N) is 3. The maximum absolute atomic E-state index is 14.6. The van der Waals surface area contributed by atoms with Gasteiger partial charge in [0.1, 0.15) is 28.7 Å². The first-order valence-corrected chi connectivity index (χ1v) is 9.08. The third-order valence-electron chi connectivity index (χ3n) is 4.34. The summed E-state index contributed by atoms with van der Waals surface area (Å²) in [6.07, 6.45) is -0.398. The van der Waals surface area contributed by atoms with Gasteiger partial charge in [-0.2, -0.15) is 10.4 Å². The van der Waals surface area contributed by atoms with Crippen LogP contribution in [0.15, 0.2) is 47.6 Å². The Bertz CT molecular complexity index is 1050. The molecule has 1 aliphatic rings. The molecule has 3 aromatic rings. The number of halogens is 3. The summed E-state index contributed by atoms with van der Waals surface area (Å²) in [5.41, 5.74) is -0.210. The van der Waals surface area contributed by atoms with Gasteiger partial charge in [0.05, 0.1) is 0 Å². The predicted octanol–water partition coefficient (Wildman–Crippen LogP) is 4.52. The standard InChI is InChI=1S/C18H11ClF2N4OS/c19-13-4-2-1-3-11(13)16-18(26-16,12-6-5-10(20)7-14(12)21)8-15-23-17(25-24-15)27-9-22/h1-7,16H,8H2,(H,23,24,25)/t16?,18-/m0/s1. The van der Waals surface area contributed by atoms with Gasteiger partial charge in [-0.25, -0.2) is 13.8 Å². The van der Waals surface area contributed by atoms with Crippen molar-refractivity contribution in [2.75, 3.05) is 0 Å². The van der Waals surface area contributed by atoms with Gasteiger partial charge in [0.25, 0.3) is 0 Å². The number of thioether (sulfide) groups is 1. The minimum Gasteiger partial charge on any atom is -0.355 e. The Hall–Kier alpha value is -2.47. The molecule has 1 saturated heterocycles. The van der Waals surface area contributed by atoms with E-state index in [1.807, 2.05) is 11.5 Å². The maximum atomic E-state index is 14.6. The molecular formula is C18H11ClF2N4OS. The van der Waals surface area contributed by atoms with Gasteiger partial charge in [-0.3, -0.25) is 5.10 Å². The molecule has 0 amide bonds. The quantitative estimate of drug-likeness (QED) is 0.384. The van der Waals surface area contributed by atoms with Gasteiger partial charge in [0, 0.05) is 40.4 Å². The van der Waals surface area contributed by atoms with Gasteiger partial charge in [-0.05, 0) is 12.1 Å². The maximum Gasteiger partial charge on any atom is 0.198 e. The summed E-state index contributed by atoms with van der Waals surface area (Å²) in [7, 11) is 0. The Morgan fingerprint density at radius 1 is 1.30 bits per heavy atom. The first kappa shape index (κ1) is 17.9. The van der Waals surface area contributed by atoms with E-state index in [1.165, 1.54) is 12.1 Å². The molecule has 4 rings (SSSR count). The molecule has 0 aliphatic carbocycles. The van der Waals surface area contributed by atoms with E-state index in [2.05, 4.69) is 15.2 Å². The van der Waals surface area contributed by atoms with Crippen LogP contribution in [0.2, 0.25) is 5.02 Å². The lowest BCUT2D eigenvalue weighted by atomic mass is 9.88. The Morgan fingerprint density at radius 3 is 2.85 bits per heavy atom. The van der Waals surface area contributed by atoms with Crippen LogP contribution in [0.4, 0.5) is 8.78 Å². The van der Waals surface area contributed by atoms with Crippen LogP contribution in [-0.2, 0) is 16.8 Å². The van der Waals surface area contributed by atoms with Crippen LogP contribution in [0.25, 0.3) is 0 Å². The molecule has 5 nitrogen and oxygen atoms in total. The van der Waals surface area contributed by atoms with Crippen LogP contribution in [-0.4, -0.2) is 15.2 Å². The molecule has 2 aromatic carbocycles. The number of nitrogens with one attached hydrogen (secondary N) is 1. The third-order valence-corrected chi connectivity index (χ3v) is 5.15. The second kappa shape index (κ2) is 6.93. The number of aromatic nitrogens is 3. The lowest BCUT2D eigenvalue weighted by Crippen LogP contribution is -2.17. The molecule has 9 heteroatoms. The van der Waals surface area contributed by atoms with Crippen LogP contribution in [0.5, 0.6) is 0 Å². The highest BCUT2D eigenvalue weighted by molar-refractivity contribution is 8.03. The van der Waals surface area contributed by atoms with Gasteiger partial charge in [0.2, 0.25) is 0 Å². The van der Waals surface area contributed by atoms with Crippen LogP contribution >= 0.6 is 23.4 Å². The zero-order valence-electron chi connectivity index (χ0n) is 13.6. The number of epoxide rings is 1. The molecule has 0 radical (unpaired) electrons. The Balaban J connectivity index is 1.75. The summed E-state index contributed by atoms with van der Waals surface area (Å²) in [6.45, 7) is 0. The number of nitriles is 1. The molecule has 0 saturated carbocycles. The molecule has 2 atom stereocenters. The number of hydrogen-bond acceptors (Lipinski definition) is 5. The first-order valence-electron chi connectivity index (χ1n) is 7.88. The average Bonchev–Trinajstić information content (AvgIpc) is 3.16. The van der Waals surface area contributed by atoms with Gasteiger partial charge in [-0.1, -0.05) is 35.9 Å². The monoisotopic (exact) mass is 404 g/mol. The molecule has 1 N–H and O–H groups in total. The van der Waals surface area contributed by atoms with Crippen LogP contribution < -0.4 is 0 Å². The highest BCUT2D eigenvalue weighted by Gasteiger charge is 2.60. The van der Waals surface area contributed by atoms with Gasteiger partial charge >= 0.3 is 0 Å². The van der Waals surface area contributed by atoms with E-state index in [9.17, 15) is 8.78 Å². The van der Waals surface area contributed by atoms with E-state index >= 15 is 0 Å². The molecule has 1 fully saturated rings. The third kappa shape index (κ3) is 3.30. The molecule has 27 heavy (non-hydrogen) atoms. The predicted molar refractivity (Wildman–Crippen MR) is 94.9 cm³/mol. The number of H-pyrrole nitrogens is 1. The van der Waals surface area contributed by atoms with E-state index in [-0.39, 0.29) is 12.0 Å². The molecule has 0 bridgehead atoms. The van der Waals surface area contributed by atoms with E-state index in [1.54, 1.807) is 18.2 Å². The lowest BCUT2D eigenvalue weighted by Gasteiger charge is -2.13. The van der Waals surface area contributed by atoms with Crippen LogP contribution in [0.3, 0.4) is 0 Å². The van der Waals surface area contributed by atoms with Crippen molar-refractivity contribution in [1.29, 1.82) is 5.26 Å². The lowest BCUT2D eigenvalue weighted by molar-refractivity contribution is 0.285. The first-order chi connectivity index (χ1) is 13.0. The molecule has 1 unspecified atom stereocenters. The van der Waals surface area contributed by atoms with E-state index < -0.39 is 23.3 Å². The Kier molecular flexibility index (Phi) is 4.60. The highest BCUT2D eigenvalue weighted by atomic mass is 35.5. The summed E-state index contributed by atoms with van der Waals surface area (Å²) in [5.74, 6) is -1.04. The van der Waals surface area contributed by atoms with Crippen LogP contribution in [0, 0.1) is 22.3 Å². The fourth-order valence-corrected chi connectivity index (χ4v) is 3.69. The van der Waals surface area contributed by atoms with Crippen molar-refractivity contribution in [3.63, 3.8) is 0 Å². The topological polar surface area (TPSA) is 77.9 Å². The molecule has 2 heterocycles. The fraction of sp³-hybridized carbons (Fsp3) is 0.167. The molecule has 1 aromatic heterocycles. The second-order valence-corrected chi connectivity index (χ2v) is 7.14. The molecular weight excluding hydrogens is 394 g/mol. The normalized spacial score (nSPS) is 21.0. The number of thiocyanates is 1. The number of ether oxygens (including phenoxy) is 1. The zero-order valence-corrected chi connectivity index (χ0v) is 15.2. The van der Waals surface area contributed by atoms with Crippen molar-refractivity contribution in [3.05, 3.63) is 76.1 Å². The summed E-state index contributed by atoms with van der Waals surface area (Å²) >= 11 is 7.11. The van der Waals surface area contributed by atoms with E-state index in [4.69, 9.17) is 21.6 Å². The Labute approximate surface area is 162 Å². The van der Waals surface area contributed by atoms with Crippen molar-refractivity contribution >= 4 is 23.4 Å². The van der Waals surface area contributed by atoms with Gasteiger partial charge in [-0.15, -0.1) is 0 Å². The fourth-order valence-electron chi connectivity index (χ4n) is 3.13. The zero-order chi connectivity index (χ0) is 19.0. The minimum absolute atomic E-state index is 0.133. The van der Waals surface area contributed by atoms with Crippen molar-refractivity contribution < 1.29 is 13.5 Å². The van der Waals surface area contributed by atoms with Crippen molar-refractivity contribution in [2.24, 2.45) is 0 Å². The molecule has 136 valence electrons. The van der Waals surface area contributed by atoms with Gasteiger partial charge < -0.3 is 4.74 Å². The smallest absolute Gasteiger partial charge is 0.198 e. The van der Waals surface area contributed by atoms with Crippen molar-refractivity contribution in [2.45, 2.75) is 23.3 Å². The SMILES string of the molecule is N#CSc1nc(C[C@@]2(c3ccc(F)cc3F)OC2c2ccccc2Cl)n[nH]1. The van der Waals surface area contributed by atoms with E-state index in [0.29, 0.717) is 21.6 Å². The second-order valence-electron chi connectivity index (χ2n) is 5.96. The number of benzene rings is 2. The molecule has 0 spiro atoms. The summed E-state index contributed by atoms with van der Waals surface area (Å²) in [4.78, 5) is 4.21. The minimum atomic E-state index is -1.11.